The van der Waals surface area contributed by atoms with E-state index in [-0.39, 0.29) is 27.5 Å². The maximum absolute atomic E-state index is 14.7. The monoisotopic (exact) mass is 597 g/mol. The van der Waals surface area contributed by atoms with E-state index >= 15 is 0 Å². The maximum atomic E-state index is 14.7. The molecule has 2 heterocycles. The van der Waals surface area contributed by atoms with Crippen molar-refractivity contribution in [3.63, 3.8) is 0 Å². The third-order valence-electron chi connectivity index (χ3n) is 8.06. The van der Waals surface area contributed by atoms with E-state index in [1.807, 2.05) is 61.2 Å². The van der Waals surface area contributed by atoms with Gasteiger partial charge in [0.1, 0.15) is 5.82 Å². The van der Waals surface area contributed by atoms with E-state index in [1.54, 1.807) is 36.4 Å². The third-order valence-corrected chi connectivity index (χ3v) is 11.1. The van der Waals surface area contributed by atoms with Crippen LogP contribution in [0.25, 0.3) is 6.08 Å². The molecule has 3 aromatic carbocycles. The Bertz CT molecular complexity index is 1930. The van der Waals surface area contributed by atoms with Gasteiger partial charge in [0.2, 0.25) is 0 Å². The zero-order valence-corrected chi connectivity index (χ0v) is 25.1. The van der Waals surface area contributed by atoms with Gasteiger partial charge in [-0.2, -0.15) is 8.42 Å². The molecule has 214 valence electrons. The number of aryl methyl sites for hydroxylation is 2. The van der Waals surface area contributed by atoms with Crippen molar-refractivity contribution in [2.45, 2.75) is 49.3 Å². The lowest BCUT2D eigenvalue weighted by Crippen LogP contribution is -2.49. The Hall–Kier alpha value is -3.95. The Balaban J connectivity index is 1.55. The van der Waals surface area contributed by atoms with Gasteiger partial charge in [0, 0.05) is 5.57 Å². The zero-order valence-electron chi connectivity index (χ0n) is 23.4. The zero-order chi connectivity index (χ0) is 29.2. The number of hydrogen-bond donors (Lipinski definition) is 0. The summed E-state index contributed by atoms with van der Waals surface area (Å²) in [5.74, 6) is 0.531. The minimum atomic E-state index is -4.28. The van der Waals surface area contributed by atoms with Crippen molar-refractivity contribution in [1.29, 1.82) is 0 Å². The number of hydrogen-bond acceptors (Lipinski definition) is 5. The molecule has 7 rings (SSSR count). The summed E-state index contributed by atoms with van der Waals surface area (Å²) >= 11 is 0. The number of allylic oxidation sites excluding steroid dienone is 2. The predicted molar refractivity (Wildman–Crippen MR) is 165 cm³/mol. The third kappa shape index (κ3) is 4.70. The van der Waals surface area contributed by atoms with Gasteiger partial charge in [-0.15, -0.1) is 4.40 Å². The van der Waals surface area contributed by atoms with E-state index in [9.17, 15) is 16.8 Å². The predicted octanol–water partition coefficient (Wildman–Crippen LogP) is 6.54. The second-order valence-electron chi connectivity index (χ2n) is 11.4. The highest BCUT2D eigenvalue weighted by Gasteiger charge is 2.48. The van der Waals surface area contributed by atoms with Crippen molar-refractivity contribution in [2.75, 3.05) is 4.90 Å². The first kappa shape index (κ1) is 26.9. The normalized spacial score (nSPS) is 20.7. The van der Waals surface area contributed by atoms with Crippen molar-refractivity contribution in [2.24, 2.45) is 16.2 Å². The summed E-state index contributed by atoms with van der Waals surface area (Å²) < 4.78 is 62.8. The molecular formula is C33H31N3O4S2. The number of sulfonamides is 2. The van der Waals surface area contributed by atoms with Gasteiger partial charge < -0.3 is 0 Å². The van der Waals surface area contributed by atoms with Crippen LogP contribution in [0.1, 0.15) is 42.4 Å². The number of rotatable bonds is 6. The number of anilines is 1. The van der Waals surface area contributed by atoms with Crippen LogP contribution in [0.4, 0.5) is 5.69 Å². The molecule has 0 bridgehead atoms. The van der Waals surface area contributed by atoms with Crippen molar-refractivity contribution in [3.8, 4) is 0 Å². The van der Waals surface area contributed by atoms with Crippen LogP contribution in [0.3, 0.4) is 0 Å². The first-order valence-corrected chi connectivity index (χ1v) is 17.1. The summed E-state index contributed by atoms with van der Waals surface area (Å²) in [6, 6.07) is 21.0. The van der Waals surface area contributed by atoms with Gasteiger partial charge in [-0.1, -0.05) is 59.7 Å². The second-order valence-corrected chi connectivity index (χ2v) is 14.8. The summed E-state index contributed by atoms with van der Waals surface area (Å²) in [5, 5.41) is 0. The van der Waals surface area contributed by atoms with E-state index in [4.69, 9.17) is 0 Å². The van der Waals surface area contributed by atoms with Crippen LogP contribution in [0, 0.1) is 25.7 Å². The van der Waals surface area contributed by atoms with Crippen LogP contribution < -0.4 is 4.90 Å². The fourth-order valence-electron chi connectivity index (χ4n) is 5.48. The van der Waals surface area contributed by atoms with Gasteiger partial charge in [0.05, 0.1) is 21.2 Å². The Morgan fingerprint density at radius 1 is 0.762 bits per heavy atom. The molecule has 4 aliphatic rings. The topological polar surface area (TPSA) is 87.1 Å². The molecule has 0 unspecified atom stereocenters. The van der Waals surface area contributed by atoms with Gasteiger partial charge >= 0.3 is 0 Å². The Morgan fingerprint density at radius 2 is 1.38 bits per heavy atom. The highest BCUT2D eigenvalue weighted by molar-refractivity contribution is 7.91. The lowest BCUT2D eigenvalue weighted by molar-refractivity contribution is 0.544. The van der Waals surface area contributed by atoms with Crippen LogP contribution in [-0.4, -0.2) is 27.0 Å². The number of benzene rings is 3. The molecule has 0 radical (unpaired) electrons. The highest BCUT2D eigenvalue weighted by atomic mass is 32.2. The fourth-order valence-corrected chi connectivity index (χ4v) is 7.97. The van der Waals surface area contributed by atoms with E-state index in [0.717, 1.165) is 53.8 Å². The molecule has 2 fully saturated rings. The van der Waals surface area contributed by atoms with Gasteiger partial charge in [-0.25, -0.2) is 12.7 Å². The molecule has 0 saturated heterocycles. The first-order valence-electron chi connectivity index (χ1n) is 14.2. The van der Waals surface area contributed by atoms with Crippen LogP contribution in [0.2, 0.25) is 0 Å². The molecule has 9 heteroatoms. The molecule has 7 nitrogen and oxygen atoms in total. The van der Waals surface area contributed by atoms with Gasteiger partial charge in [0.15, 0.2) is 5.84 Å². The molecular weight excluding hydrogens is 567 g/mol. The van der Waals surface area contributed by atoms with E-state index < -0.39 is 20.0 Å². The van der Waals surface area contributed by atoms with Crippen LogP contribution >= 0.6 is 0 Å². The molecule has 0 aromatic heterocycles. The number of fused-ring (bicyclic) bond motifs is 3. The minimum Gasteiger partial charge on any atom is -0.295 e. The SMILES string of the molecule is Cc1ccc(S(=O)(=O)/N=C2\C(C3CC3)=C3C=Cc4ccccc4N3/C(=C\C3CC3)N2S(=O)(=O)c2ccc(C)cc2)cc1. The van der Waals surface area contributed by atoms with Gasteiger partial charge in [0.25, 0.3) is 20.0 Å². The Morgan fingerprint density at radius 3 is 2.00 bits per heavy atom. The van der Waals surface area contributed by atoms with Crippen molar-refractivity contribution in [1.82, 2.24) is 4.31 Å². The smallest absolute Gasteiger partial charge is 0.284 e. The van der Waals surface area contributed by atoms with E-state index in [2.05, 4.69) is 4.40 Å². The number of para-hydroxylation sites is 1. The molecule has 0 atom stereocenters. The number of nitrogens with zero attached hydrogens (tertiary/aromatic N) is 3. The number of amidine groups is 1. The van der Waals surface area contributed by atoms with Gasteiger partial charge in [-0.3, -0.25) is 4.90 Å². The fraction of sp³-hybridized carbons (Fsp3) is 0.242. The van der Waals surface area contributed by atoms with E-state index in [1.165, 1.54) is 16.4 Å². The minimum absolute atomic E-state index is 0.0115. The summed E-state index contributed by atoms with van der Waals surface area (Å²) in [4.78, 5) is 2.09. The van der Waals surface area contributed by atoms with Crippen LogP contribution in [0.15, 0.2) is 116 Å². The van der Waals surface area contributed by atoms with Crippen LogP contribution in [-0.2, 0) is 20.0 Å². The average molecular weight is 598 g/mol. The Kier molecular flexibility index (Phi) is 6.29. The molecule has 0 spiro atoms. The molecule has 2 saturated carbocycles. The lowest BCUT2D eigenvalue weighted by Gasteiger charge is -2.44. The van der Waals surface area contributed by atoms with Crippen molar-refractivity contribution >= 4 is 37.6 Å². The Labute approximate surface area is 247 Å². The van der Waals surface area contributed by atoms with Crippen LogP contribution in [0.5, 0.6) is 0 Å². The standard InChI is InChI=1S/C33H31N3O4S2/c1-22-7-16-27(17-8-22)41(37,38)34-33-32(26-13-14-26)30-20-15-25-5-3-4-6-29(25)35(30)31(21-24-11-12-24)36(33)42(39,40)28-18-9-23(2)10-19-28/h3-10,15-21,24,26H,11-14H2,1-2H3/b31-21+,34-33+. The molecule has 2 aliphatic heterocycles. The molecule has 3 aromatic rings. The quantitative estimate of drug-likeness (QED) is 0.322. The van der Waals surface area contributed by atoms with E-state index in [0.29, 0.717) is 11.4 Å². The maximum Gasteiger partial charge on any atom is 0.284 e. The molecule has 42 heavy (non-hydrogen) atoms. The highest BCUT2D eigenvalue weighted by Crippen LogP contribution is 2.50. The first-order chi connectivity index (χ1) is 20.1. The summed E-state index contributed by atoms with van der Waals surface area (Å²) in [7, 11) is -8.53. The largest absolute Gasteiger partial charge is 0.295 e. The summed E-state index contributed by atoms with van der Waals surface area (Å²) in [6.07, 6.45) is 9.48. The average Bonchev–Trinajstić information content (AvgIpc) is 3.89. The summed E-state index contributed by atoms with van der Waals surface area (Å²) in [6.45, 7) is 3.78. The van der Waals surface area contributed by atoms with Crippen molar-refractivity contribution < 1.29 is 16.8 Å². The van der Waals surface area contributed by atoms with Crippen molar-refractivity contribution in [3.05, 3.63) is 119 Å². The second kappa shape index (κ2) is 9.81. The molecule has 0 amide bonds. The lowest BCUT2D eigenvalue weighted by atomic mass is 9.97. The molecule has 2 aliphatic carbocycles. The summed E-state index contributed by atoms with van der Waals surface area (Å²) in [5.41, 5.74) is 5.06. The van der Waals surface area contributed by atoms with Gasteiger partial charge in [-0.05, 0) is 99.4 Å². The molecule has 0 N–H and O–H groups in total.